The van der Waals surface area contributed by atoms with E-state index in [9.17, 15) is 4.79 Å². The van der Waals surface area contributed by atoms with Crippen molar-refractivity contribution in [2.24, 2.45) is 0 Å². The standard InChI is InChI=1S/C20H17ClN2O/c1-3-12-22-20(24)18-13(2)19(14-8-10-15(21)11-9-14)23-17-7-5-4-6-16(17)18/h3-11H,1,12H2,2H3,(H,22,24). The maximum Gasteiger partial charge on any atom is 0.252 e. The Labute approximate surface area is 146 Å². The molecule has 0 fully saturated rings. The average molecular weight is 337 g/mol. The van der Waals surface area contributed by atoms with E-state index in [2.05, 4.69) is 11.9 Å². The zero-order valence-corrected chi connectivity index (χ0v) is 14.1. The molecule has 0 unspecified atom stereocenters. The highest BCUT2D eigenvalue weighted by atomic mass is 35.5. The number of fused-ring (bicyclic) bond motifs is 1. The molecule has 3 nitrogen and oxygen atoms in total. The Bertz CT molecular complexity index is 917. The number of hydrogen-bond donors (Lipinski definition) is 1. The molecule has 1 aromatic heterocycles. The number of benzene rings is 2. The second-order valence-electron chi connectivity index (χ2n) is 5.48. The highest BCUT2D eigenvalue weighted by Crippen LogP contribution is 2.30. The lowest BCUT2D eigenvalue weighted by Gasteiger charge is -2.14. The number of aromatic nitrogens is 1. The second kappa shape index (κ2) is 6.85. The Morgan fingerprint density at radius 1 is 1.21 bits per heavy atom. The van der Waals surface area contributed by atoms with E-state index in [1.165, 1.54) is 0 Å². The van der Waals surface area contributed by atoms with Crippen LogP contribution in [0.15, 0.2) is 61.2 Å². The van der Waals surface area contributed by atoms with Crippen molar-refractivity contribution >= 4 is 28.4 Å². The molecule has 0 saturated heterocycles. The number of halogens is 1. The minimum absolute atomic E-state index is 0.124. The van der Waals surface area contributed by atoms with Gasteiger partial charge in [0, 0.05) is 22.5 Å². The van der Waals surface area contributed by atoms with Gasteiger partial charge in [-0.05, 0) is 30.7 Å². The fourth-order valence-electron chi connectivity index (χ4n) is 2.74. The third kappa shape index (κ3) is 3.03. The molecular weight excluding hydrogens is 320 g/mol. The van der Waals surface area contributed by atoms with E-state index >= 15 is 0 Å². The summed E-state index contributed by atoms with van der Waals surface area (Å²) in [5.41, 5.74) is 4.00. The monoisotopic (exact) mass is 336 g/mol. The zero-order valence-electron chi connectivity index (χ0n) is 13.3. The summed E-state index contributed by atoms with van der Waals surface area (Å²) in [5, 5.41) is 4.37. The highest BCUT2D eigenvalue weighted by molar-refractivity contribution is 6.30. The first-order chi connectivity index (χ1) is 11.6. The van der Waals surface area contributed by atoms with Gasteiger partial charge in [0.25, 0.3) is 5.91 Å². The van der Waals surface area contributed by atoms with E-state index < -0.39 is 0 Å². The minimum atomic E-state index is -0.124. The molecule has 0 aliphatic rings. The zero-order chi connectivity index (χ0) is 17.1. The van der Waals surface area contributed by atoms with Crippen LogP contribution in [0.1, 0.15) is 15.9 Å². The number of para-hydroxylation sites is 1. The van der Waals surface area contributed by atoms with Crippen LogP contribution in [-0.4, -0.2) is 17.4 Å². The summed E-state index contributed by atoms with van der Waals surface area (Å²) in [6, 6.07) is 15.1. The van der Waals surface area contributed by atoms with Gasteiger partial charge in [0.1, 0.15) is 0 Å². The van der Waals surface area contributed by atoms with Crippen LogP contribution >= 0.6 is 11.6 Å². The molecule has 0 aliphatic heterocycles. The highest BCUT2D eigenvalue weighted by Gasteiger charge is 2.18. The van der Waals surface area contributed by atoms with Crippen molar-refractivity contribution in [2.45, 2.75) is 6.92 Å². The number of pyridine rings is 1. The van der Waals surface area contributed by atoms with Crippen LogP contribution in [0.3, 0.4) is 0 Å². The predicted molar refractivity (Wildman–Crippen MR) is 99.5 cm³/mol. The van der Waals surface area contributed by atoms with E-state index in [0.29, 0.717) is 17.1 Å². The van der Waals surface area contributed by atoms with Crippen molar-refractivity contribution in [3.63, 3.8) is 0 Å². The Morgan fingerprint density at radius 2 is 1.92 bits per heavy atom. The minimum Gasteiger partial charge on any atom is -0.349 e. The lowest BCUT2D eigenvalue weighted by Crippen LogP contribution is -2.24. The topological polar surface area (TPSA) is 42.0 Å². The molecule has 24 heavy (non-hydrogen) atoms. The normalized spacial score (nSPS) is 10.6. The number of carbonyl (C=O) groups is 1. The lowest BCUT2D eigenvalue weighted by molar-refractivity contribution is 0.0959. The van der Waals surface area contributed by atoms with Crippen molar-refractivity contribution in [2.75, 3.05) is 6.54 Å². The van der Waals surface area contributed by atoms with Crippen LogP contribution < -0.4 is 5.32 Å². The molecule has 2 aromatic carbocycles. The first-order valence-corrected chi connectivity index (χ1v) is 8.04. The Morgan fingerprint density at radius 3 is 2.62 bits per heavy atom. The summed E-state index contributed by atoms with van der Waals surface area (Å²) >= 11 is 5.98. The van der Waals surface area contributed by atoms with Crippen LogP contribution in [0.25, 0.3) is 22.2 Å². The third-order valence-corrected chi connectivity index (χ3v) is 4.14. The van der Waals surface area contributed by atoms with E-state index in [-0.39, 0.29) is 5.91 Å². The predicted octanol–water partition coefficient (Wildman–Crippen LogP) is 4.78. The Kier molecular flexibility index (Phi) is 4.63. The van der Waals surface area contributed by atoms with Gasteiger partial charge in [-0.15, -0.1) is 6.58 Å². The van der Waals surface area contributed by atoms with Gasteiger partial charge in [-0.25, -0.2) is 4.98 Å². The molecule has 0 atom stereocenters. The van der Waals surface area contributed by atoms with Crippen molar-refractivity contribution < 1.29 is 4.79 Å². The molecule has 1 heterocycles. The Balaban J connectivity index is 2.24. The summed E-state index contributed by atoms with van der Waals surface area (Å²) in [6.07, 6.45) is 1.66. The molecule has 0 bridgehead atoms. The van der Waals surface area contributed by atoms with Crippen LogP contribution in [0, 0.1) is 6.92 Å². The number of nitrogens with zero attached hydrogens (tertiary/aromatic N) is 1. The number of amides is 1. The van der Waals surface area contributed by atoms with E-state index in [4.69, 9.17) is 16.6 Å². The van der Waals surface area contributed by atoms with Gasteiger partial charge < -0.3 is 5.32 Å². The number of nitrogens with one attached hydrogen (secondary N) is 1. The number of hydrogen-bond acceptors (Lipinski definition) is 2. The van der Waals surface area contributed by atoms with Crippen molar-refractivity contribution in [3.8, 4) is 11.3 Å². The fraction of sp³-hybridized carbons (Fsp3) is 0.100. The molecule has 1 N–H and O–H groups in total. The lowest BCUT2D eigenvalue weighted by atomic mass is 9.97. The first kappa shape index (κ1) is 16.2. The van der Waals surface area contributed by atoms with Crippen LogP contribution in [0.2, 0.25) is 5.02 Å². The molecule has 120 valence electrons. The van der Waals surface area contributed by atoms with Crippen molar-refractivity contribution in [1.82, 2.24) is 10.3 Å². The fourth-order valence-corrected chi connectivity index (χ4v) is 2.87. The van der Waals surface area contributed by atoms with Gasteiger partial charge in [-0.2, -0.15) is 0 Å². The average Bonchev–Trinajstić information content (AvgIpc) is 2.60. The Hall–Kier alpha value is -2.65. The van der Waals surface area contributed by atoms with Gasteiger partial charge in [0.2, 0.25) is 0 Å². The molecule has 0 spiro atoms. The second-order valence-corrected chi connectivity index (χ2v) is 5.92. The number of carbonyl (C=O) groups excluding carboxylic acids is 1. The quantitative estimate of drug-likeness (QED) is 0.697. The van der Waals surface area contributed by atoms with Crippen LogP contribution in [-0.2, 0) is 0 Å². The van der Waals surface area contributed by atoms with Crippen LogP contribution in [0.4, 0.5) is 0 Å². The molecule has 0 radical (unpaired) electrons. The largest absolute Gasteiger partial charge is 0.349 e. The maximum absolute atomic E-state index is 12.7. The maximum atomic E-state index is 12.7. The summed E-state index contributed by atoms with van der Waals surface area (Å²) in [5.74, 6) is -0.124. The summed E-state index contributed by atoms with van der Waals surface area (Å²) < 4.78 is 0. The van der Waals surface area contributed by atoms with E-state index in [0.717, 1.165) is 27.7 Å². The molecule has 4 heteroatoms. The van der Waals surface area contributed by atoms with Gasteiger partial charge in [0.15, 0.2) is 0 Å². The summed E-state index contributed by atoms with van der Waals surface area (Å²) in [4.78, 5) is 17.4. The van der Waals surface area contributed by atoms with Gasteiger partial charge in [-0.3, -0.25) is 4.79 Å². The smallest absolute Gasteiger partial charge is 0.252 e. The van der Waals surface area contributed by atoms with Gasteiger partial charge in [-0.1, -0.05) is 48.0 Å². The molecular formula is C20H17ClN2O. The van der Waals surface area contributed by atoms with E-state index in [1.807, 2.05) is 55.5 Å². The first-order valence-electron chi connectivity index (χ1n) is 7.66. The van der Waals surface area contributed by atoms with Crippen molar-refractivity contribution in [3.05, 3.63) is 77.3 Å². The molecule has 0 saturated carbocycles. The third-order valence-electron chi connectivity index (χ3n) is 3.89. The molecule has 3 aromatic rings. The van der Waals surface area contributed by atoms with Gasteiger partial charge >= 0.3 is 0 Å². The molecule has 0 aliphatic carbocycles. The van der Waals surface area contributed by atoms with Gasteiger partial charge in [0.05, 0.1) is 16.8 Å². The van der Waals surface area contributed by atoms with E-state index in [1.54, 1.807) is 6.08 Å². The number of rotatable bonds is 4. The SMILES string of the molecule is C=CCNC(=O)c1c(C)c(-c2ccc(Cl)cc2)nc2ccccc12. The molecule has 1 amide bonds. The summed E-state index contributed by atoms with van der Waals surface area (Å²) in [6.45, 7) is 5.99. The van der Waals surface area contributed by atoms with Crippen LogP contribution in [0.5, 0.6) is 0 Å². The van der Waals surface area contributed by atoms with Crippen molar-refractivity contribution in [1.29, 1.82) is 0 Å². The summed E-state index contributed by atoms with van der Waals surface area (Å²) in [7, 11) is 0. The molecule has 3 rings (SSSR count).